The van der Waals surface area contributed by atoms with E-state index in [0.29, 0.717) is 12.1 Å². The number of para-hydroxylation sites is 2. The molecular weight excluding hydrogens is 444 g/mol. The number of nitrogens with zero attached hydrogens (tertiary/aromatic N) is 3. The van der Waals surface area contributed by atoms with Gasteiger partial charge in [0.15, 0.2) is 5.78 Å². The van der Waals surface area contributed by atoms with Crippen molar-refractivity contribution in [3.8, 4) is 5.75 Å². The molecule has 34 heavy (non-hydrogen) atoms. The first-order chi connectivity index (χ1) is 15.9. The van der Waals surface area contributed by atoms with E-state index in [2.05, 4.69) is 4.98 Å². The number of hydrogen-bond acceptors (Lipinski definition) is 5. The Hall–Kier alpha value is -3.19. The summed E-state index contributed by atoms with van der Waals surface area (Å²) in [4.78, 5) is 18.0. The topological polar surface area (TPSA) is 83.9 Å². The summed E-state index contributed by atoms with van der Waals surface area (Å²) in [6, 6.07) is 11.4. The Morgan fingerprint density at radius 3 is 2.06 bits per heavy atom. The molecule has 0 saturated heterocycles. The monoisotopic (exact) mass is 476 g/mol. The van der Waals surface area contributed by atoms with Crippen LogP contribution >= 0.6 is 11.3 Å². The van der Waals surface area contributed by atoms with Gasteiger partial charge in [0.1, 0.15) is 10.8 Å². The fourth-order valence-electron chi connectivity index (χ4n) is 4.25. The third kappa shape index (κ3) is 4.44. The lowest BCUT2D eigenvalue weighted by Gasteiger charge is -2.28. The van der Waals surface area contributed by atoms with E-state index < -0.39 is 0 Å². The molecule has 0 amide bonds. The standard InChI is InChI=1S/C27H32N4O2S/c1-26(2,3)18-13-17(14-19(24(18)33)27(4,5)6)22(32)15-30-20-9-7-8-10-21(20)31(25(30)28)16-23-29-11-12-34-23/h7-14,28,33H,15-16H2,1-6H3. The van der Waals surface area contributed by atoms with Crippen LogP contribution in [0.25, 0.3) is 11.0 Å². The number of fused-ring (bicyclic) bond motifs is 1. The van der Waals surface area contributed by atoms with Gasteiger partial charge >= 0.3 is 0 Å². The number of rotatable bonds is 5. The SMILES string of the molecule is CC(C)(C)c1cc(C(=O)Cn2c(=N)n(Cc3nccs3)c3ccccc32)cc(C(C)(C)C)c1O. The van der Waals surface area contributed by atoms with E-state index >= 15 is 0 Å². The molecule has 178 valence electrons. The van der Waals surface area contributed by atoms with Gasteiger partial charge in [-0.3, -0.25) is 10.2 Å². The zero-order chi connectivity index (χ0) is 24.8. The number of ketones is 1. The molecule has 4 rings (SSSR count). The fraction of sp³-hybridized carbons (Fsp3) is 0.370. The largest absolute Gasteiger partial charge is 0.507 e. The van der Waals surface area contributed by atoms with Crippen LogP contribution < -0.4 is 5.62 Å². The van der Waals surface area contributed by atoms with E-state index in [0.717, 1.165) is 27.2 Å². The van der Waals surface area contributed by atoms with Gasteiger partial charge in [-0.15, -0.1) is 11.3 Å². The first kappa shape index (κ1) is 24.0. The number of phenols is 1. The summed E-state index contributed by atoms with van der Waals surface area (Å²) >= 11 is 1.55. The van der Waals surface area contributed by atoms with Crippen molar-refractivity contribution in [3.05, 3.63) is 75.3 Å². The number of thiazole rings is 1. The normalized spacial score (nSPS) is 12.4. The second kappa shape index (κ2) is 8.55. The summed E-state index contributed by atoms with van der Waals surface area (Å²) in [6.45, 7) is 12.7. The van der Waals surface area contributed by atoms with Crippen molar-refractivity contribution in [1.82, 2.24) is 14.1 Å². The summed E-state index contributed by atoms with van der Waals surface area (Å²) in [7, 11) is 0. The highest BCUT2D eigenvalue weighted by Gasteiger charge is 2.28. The maximum atomic E-state index is 13.6. The average molecular weight is 477 g/mol. The summed E-state index contributed by atoms with van der Waals surface area (Å²) in [5.74, 6) is 0.164. The molecule has 4 aromatic rings. The Labute approximate surface area is 204 Å². The van der Waals surface area contributed by atoms with Crippen LogP contribution in [-0.2, 0) is 23.9 Å². The van der Waals surface area contributed by atoms with Gasteiger partial charge in [-0.05, 0) is 35.1 Å². The summed E-state index contributed by atoms with van der Waals surface area (Å²) in [5, 5.41) is 22.7. The van der Waals surface area contributed by atoms with Crippen molar-refractivity contribution >= 4 is 28.2 Å². The first-order valence-electron chi connectivity index (χ1n) is 11.4. The number of benzene rings is 2. The summed E-state index contributed by atoms with van der Waals surface area (Å²) < 4.78 is 3.64. The van der Waals surface area contributed by atoms with Crippen LogP contribution in [-0.4, -0.2) is 25.0 Å². The van der Waals surface area contributed by atoms with E-state index in [1.807, 2.05) is 87.9 Å². The lowest BCUT2D eigenvalue weighted by atomic mass is 9.78. The van der Waals surface area contributed by atoms with E-state index in [-0.39, 0.29) is 34.5 Å². The molecule has 0 aliphatic heterocycles. The third-order valence-electron chi connectivity index (χ3n) is 6.10. The van der Waals surface area contributed by atoms with Crippen molar-refractivity contribution in [3.63, 3.8) is 0 Å². The molecule has 2 aromatic carbocycles. The van der Waals surface area contributed by atoms with Crippen molar-refractivity contribution < 1.29 is 9.90 Å². The Morgan fingerprint density at radius 1 is 1.00 bits per heavy atom. The second-order valence-electron chi connectivity index (χ2n) is 10.8. The van der Waals surface area contributed by atoms with Gasteiger partial charge in [0.05, 0.1) is 24.1 Å². The van der Waals surface area contributed by atoms with Crippen LogP contribution in [0.5, 0.6) is 5.75 Å². The molecule has 0 bridgehead atoms. The highest BCUT2D eigenvalue weighted by atomic mass is 32.1. The molecule has 6 nitrogen and oxygen atoms in total. The maximum absolute atomic E-state index is 13.6. The Morgan fingerprint density at radius 2 is 1.56 bits per heavy atom. The molecule has 2 N–H and O–H groups in total. The van der Waals surface area contributed by atoms with Gasteiger partial charge in [0.2, 0.25) is 5.62 Å². The van der Waals surface area contributed by atoms with Crippen molar-refractivity contribution in [2.24, 2.45) is 0 Å². The average Bonchev–Trinajstić information content (AvgIpc) is 3.35. The number of Topliss-reactive ketones (excluding diaryl/α,β-unsaturated/α-hetero) is 1. The molecular formula is C27H32N4O2S. The zero-order valence-electron chi connectivity index (χ0n) is 20.6. The Bertz CT molecular complexity index is 1380. The number of hydrogen-bond donors (Lipinski definition) is 2. The van der Waals surface area contributed by atoms with Crippen LogP contribution in [0.3, 0.4) is 0 Å². The molecule has 0 fully saturated rings. The van der Waals surface area contributed by atoms with Gasteiger partial charge in [-0.2, -0.15) is 0 Å². The highest BCUT2D eigenvalue weighted by Crippen LogP contribution is 2.40. The summed E-state index contributed by atoms with van der Waals surface area (Å²) in [5.41, 5.74) is 3.41. The van der Waals surface area contributed by atoms with E-state index in [4.69, 9.17) is 5.41 Å². The number of imidazole rings is 1. The van der Waals surface area contributed by atoms with Crippen molar-refractivity contribution in [2.45, 2.75) is 65.5 Å². The molecule has 0 aliphatic carbocycles. The highest BCUT2D eigenvalue weighted by molar-refractivity contribution is 7.09. The number of carbonyl (C=O) groups excluding carboxylic acids is 1. The maximum Gasteiger partial charge on any atom is 0.203 e. The first-order valence-corrected chi connectivity index (χ1v) is 12.3. The molecule has 0 spiro atoms. The van der Waals surface area contributed by atoms with Gasteiger partial charge in [-0.25, -0.2) is 4.98 Å². The van der Waals surface area contributed by atoms with Crippen LogP contribution in [0, 0.1) is 5.41 Å². The lowest BCUT2D eigenvalue weighted by molar-refractivity contribution is 0.0971. The van der Waals surface area contributed by atoms with E-state index in [9.17, 15) is 9.90 Å². The minimum absolute atomic E-state index is 0.0438. The molecule has 2 aromatic heterocycles. The minimum Gasteiger partial charge on any atom is -0.507 e. The predicted molar refractivity (Wildman–Crippen MR) is 137 cm³/mol. The molecule has 2 heterocycles. The molecule has 7 heteroatoms. The molecule has 0 saturated carbocycles. The van der Waals surface area contributed by atoms with Gasteiger partial charge in [-0.1, -0.05) is 53.7 Å². The van der Waals surface area contributed by atoms with Crippen LogP contribution in [0.1, 0.15) is 68.0 Å². The number of carbonyl (C=O) groups is 1. The molecule has 0 aliphatic rings. The Kier molecular flexibility index (Phi) is 6.02. The molecule has 0 unspecified atom stereocenters. The minimum atomic E-state index is -0.322. The molecule has 0 radical (unpaired) electrons. The number of aromatic hydroxyl groups is 1. The number of aromatic nitrogens is 3. The van der Waals surface area contributed by atoms with Crippen LogP contribution in [0.4, 0.5) is 0 Å². The van der Waals surface area contributed by atoms with Crippen molar-refractivity contribution in [1.29, 1.82) is 5.41 Å². The van der Waals surface area contributed by atoms with Crippen molar-refractivity contribution in [2.75, 3.05) is 0 Å². The van der Waals surface area contributed by atoms with Crippen LogP contribution in [0.15, 0.2) is 48.0 Å². The van der Waals surface area contributed by atoms with Crippen LogP contribution in [0.2, 0.25) is 0 Å². The number of nitrogens with one attached hydrogen (secondary N) is 1. The number of phenolic OH excluding ortho intramolecular Hbond substituents is 1. The lowest BCUT2D eigenvalue weighted by Crippen LogP contribution is -2.28. The fourth-order valence-corrected chi connectivity index (χ4v) is 4.86. The summed E-state index contributed by atoms with van der Waals surface area (Å²) in [6.07, 6.45) is 1.76. The quantitative estimate of drug-likeness (QED) is 0.367. The predicted octanol–water partition coefficient (Wildman–Crippen LogP) is 5.61. The third-order valence-corrected chi connectivity index (χ3v) is 6.87. The van der Waals surface area contributed by atoms with Gasteiger partial charge in [0, 0.05) is 28.3 Å². The Balaban J connectivity index is 1.80. The smallest absolute Gasteiger partial charge is 0.203 e. The van der Waals surface area contributed by atoms with E-state index in [1.54, 1.807) is 22.1 Å². The molecule has 0 atom stereocenters. The van der Waals surface area contributed by atoms with E-state index in [1.165, 1.54) is 0 Å². The zero-order valence-corrected chi connectivity index (χ0v) is 21.5. The second-order valence-corrected chi connectivity index (χ2v) is 11.7. The van der Waals surface area contributed by atoms with Gasteiger partial charge in [0.25, 0.3) is 0 Å². The van der Waals surface area contributed by atoms with Gasteiger partial charge < -0.3 is 14.2 Å².